The van der Waals surface area contributed by atoms with Crippen molar-refractivity contribution in [2.45, 2.75) is 17.0 Å². The molecular weight excluding hydrogens is 530 g/mol. The van der Waals surface area contributed by atoms with E-state index in [4.69, 9.17) is 4.74 Å². The zero-order valence-electron chi connectivity index (χ0n) is 22.1. The Morgan fingerprint density at radius 1 is 0.585 bits per heavy atom. The fourth-order valence-electron chi connectivity index (χ4n) is 5.17. The van der Waals surface area contributed by atoms with E-state index >= 15 is 0 Å². The molecule has 0 aromatic heterocycles. The lowest BCUT2D eigenvalue weighted by Crippen LogP contribution is -2.31. The van der Waals surface area contributed by atoms with E-state index in [2.05, 4.69) is 0 Å². The third-order valence-electron chi connectivity index (χ3n) is 7.08. The van der Waals surface area contributed by atoms with Gasteiger partial charge >= 0.3 is 0 Å². The second-order valence-electron chi connectivity index (χ2n) is 9.65. The molecule has 1 atom stereocenters. The number of benzene rings is 5. The Morgan fingerprint density at radius 2 is 1.02 bits per heavy atom. The van der Waals surface area contributed by atoms with Gasteiger partial charge in [-0.15, -0.1) is 0 Å². The SMILES string of the molecule is O=C1C(OC(c2ccccc2)c2ccccc2)=C(S(=O)(=O)c2ccccc2)C(c2ccccc2)N1c1ccccc1. The van der Waals surface area contributed by atoms with Gasteiger partial charge in [-0.3, -0.25) is 9.69 Å². The van der Waals surface area contributed by atoms with Gasteiger partial charge in [-0.25, -0.2) is 8.42 Å². The van der Waals surface area contributed by atoms with E-state index in [-0.39, 0.29) is 15.6 Å². The molecule has 0 spiro atoms. The van der Waals surface area contributed by atoms with Gasteiger partial charge in [-0.1, -0.05) is 127 Å². The number of para-hydroxylation sites is 1. The van der Waals surface area contributed by atoms with Crippen LogP contribution in [0.1, 0.15) is 28.8 Å². The minimum absolute atomic E-state index is 0.0828. The first-order chi connectivity index (χ1) is 20.1. The molecule has 0 fully saturated rings. The van der Waals surface area contributed by atoms with Crippen molar-refractivity contribution in [1.29, 1.82) is 0 Å². The largest absolute Gasteiger partial charge is 0.474 e. The van der Waals surface area contributed by atoms with Crippen LogP contribution in [0.5, 0.6) is 0 Å². The summed E-state index contributed by atoms with van der Waals surface area (Å²) < 4.78 is 35.6. The second kappa shape index (κ2) is 11.3. The standard InChI is InChI=1S/C35H27NO4S/c37-35-33(40-32(27-18-8-2-9-19-27)28-20-10-3-11-21-28)34(41(38,39)30-24-14-5-15-25-30)31(26-16-6-1-7-17-26)36(35)29-22-12-4-13-23-29/h1-25,31-32H. The molecule has 41 heavy (non-hydrogen) atoms. The van der Waals surface area contributed by atoms with Crippen LogP contribution in [0.2, 0.25) is 0 Å². The third kappa shape index (κ3) is 5.06. The van der Waals surface area contributed by atoms with E-state index in [0.29, 0.717) is 11.3 Å². The molecule has 0 N–H and O–H groups in total. The van der Waals surface area contributed by atoms with Crippen LogP contribution >= 0.6 is 0 Å². The topological polar surface area (TPSA) is 63.7 Å². The number of carbonyl (C=O) groups is 1. The zero-order valence-corrected chi connectivity index (χ0v) is 22.9. The summed E-state index contributed by atoms with van der Waals surface area (Å²) in [4.78, 5) is 16.0. The summed E-state index contributed by atoms with van der Waals surface area (Å²) in [6.45, 7) is 0. The minimum Gasteiger partial charge on any atom is -0.474 e. The van der Waals surface area contributed by atoms with Crippen LogP contribution < -0.4 is 4.90 Å². The number of carbonyl (C=O) groups excluding carboxylic acids is 1. The predicted molar refractivity (Wildman–Crippen MR) is 160 cm³/mol. The molecule has 0 bridgehead atoms. The Labute approximate surface area is 239 Å². The molecule has 0 aliphatic carbocycles. The Balaban J connectivity index is 1.61. The fourth-order valence-corrected chi connectivity index (χ4v) is 6.85. The van der Waals surface area contributed by atoms with Crippen molar-refractivity contribution in [2.24, 2.45) is 0 Å². The average molecular weight is 558 g/mol. The highest BCUT2D eigenvalue weighted by atomic mass is 32.2. The fraction of sp³-hybridized carbons (Fsp3) is 0.0571. The number of anilines is 1. The van der Waals surface area contributed by atoms with Crippen LogP contribution in [0, 0.1) is 0 Å². The van der Waals surface area contributed by atoms with Gasteiger partial charge in [0, 0.05) is 5.69 Å². The molecule has 1 unspecified atom stereocenters. The van der Waals surface area contributed by atoms with Gasteiger partial charge in [0.25, 0.3) is 5.91 Å². The molecule has 5 aromatic carbocycles. The molecule has 1 aliphatic heterocycles. The molecule has 202 valence electrons. The molecule has 6 rings (SSSR count). The maximum Gasteiger partial charge on any atom is 0.295 e. The van der Waals surface area contributed by atoms with Crippen molar-refractivity contribution >= 4 is 21.4 Å². The molecule has 0 saturated heterocycles. The van der Waals surface area contributed by atoms with Crippen molar-refractivity contribution in [2.75, 3.05) is 4.90 Å². The summed E-state index contributed by atoms with van der Waals surface area (Å²) in [5.74, 6) is -0.708. The summed E-state index contributed by atoms with van der Waals surface area (Å²) in [6.07, 6.45) is -0.718. The molecule has 0 saturated carbocycles. The maximum atomic E-state index is 14.5. The van der Waals surface area contributed by atoms with E-state index in [1.165, 1.54) is 4.90 Å². The summed E-state index contributed by atoms with van der Waals surface area (Å²) in [5, 5.41) is 0. The van der Waals surface area contributed by atoms with Crippen LogP contribution in [-0.4, -0.2) is 14.3 Å². The molecule has 5 nitrogen and oxygen atoms in total. The molecule has 1 aliphatic rings. The zero-order chi connectivity index (χ0) is 28.2. The molecule has 5 aromatic rings. The van der Waals surface area contributed by atoms with Crippen molar-refractivity contribution in [3.05, 3.63) is 179 Å². The first kappa shape index (κ1) is 26.3. The van der Waals surface area contributed by atoms with Crippen molar-refractivity contribution < 1.29 is 17.9 Å². The van der Waals surface area contributed by atoms with Gasteiger partial charge in [0.2, 0.25) is 15.6 Å². The number of rotatable bonds is 8. The van der Waals surface area contributed by atoms with Crippen molar-refractivity contribution in [3.8, 4) is 0 Å². The Bertz CT molecular complexity index is 1740. The van der Waals surface area contributed by atoms with Gasteiger partial charge < -0.3 is 4.74 Å². The first-order valence-electron chi connectivity index (χ1n) is 13.3. The quantitative estimate of drug-likeness (QED) is 0.201. The van der Waals surface area contributed by atoms with Gasteiger partial charge in [0.05, 0.1) is 4.90 Å². The van der Waals surface area contributed by atoms with Crippen molar-refractivity contribution in [3.63, 3.8) is 0 Å². The summed E-state index contributed by atoms with van der Waals surface area (Å²) >= 11 is 0. The summed E-state index contributed by atoms with van der Waals surface area (Å²) in [6, 6.07) is 44.6. The highest BCUT2D eigenvalue weighted by molar-refractivity contribution is 7.95. The van der Waals surface area contributed by atoms with E-state index in [9.17, 15) is 13.2 Å². The number of hydrogen-bond donors (Lipinski definition) is 0. The smallest absolute Gasteiger partial charge is 0.295 e. The molecule has 1 heterocycles. The van der Waals surface area contributed by atoms with Gasteiger partial charge in [0.1, 0.15) is 17.1 Å². The number of nitrogens with zero attached hydrogens (tertiary/aromatic N) is 1. The van der Waals surface area contributed by atoms with Crippen LogP contribution in [0.4, 0.5) is 5.69 Å². The third-order valence-corrected chi connectivity index (χ3v) is 8.96. The number of sulfone groups is 1. The minimum atomic E-state index is -4.18. The first-order valence-corrected chi connectivity index (χ1v) is 14.8. The lowest BCUT2D eigenvalue weighted by Gasteiger charge is -2.27. The second-order valence-corrected chi connectivity index (χ2v) is 11.6. The van der Waals surface area contributed by atoms with Gasteiger partial charge in [-0.05, 0) is 41.0 Å². The van der Waals surface area contributed by atoms with E-state index in [0.717, 1.165) is 11.1 Å². The lowest BCUT2D eigenvalue weighted by molar-refractivity contribution is -0.118. The van der Waals surface area contributed by atoms with Crippen LogP contribution in [-0.2, 0) is 19.4 Å². The van der Waals surface area contributed by atoms with Crippen molar-refractivity contribution in [1.82, 2.24) is 0 Å². The number of ether oxygens (including phenoxy) is 1. The van der Waals surface area contributed by atoms with Gasteiger partial charge in [0.15, 0.2) is 0 Å². The number of amides is 1. The van der Waals surface area contributed by atoms with Crippen LogP contribution in [0.15, 0.2) is 167 Å². The monoisotopic (exact) mass is 557 g/mol. The summed E-state index contributed by atoms with van der Waals surface area (Å²) in [5.41, 5.74) is 2.82. The molecule has 6 heteroatoms. The normalized spacial score (nSPS) is 15.4. The van der Waals surface area contributed by atoms with Crippen LogP contribution in [0.3, 0.4) is 0 Å². The highest BCUT2D eigenvalue weighted by Gasteiger charge is 2.49. The molecule has 0 radical (unpaired) electrons. The maximum absolute atomic E-state index is 14.5. The Morgan fingerprint density at radius 3 is 1.54 bits per heavy atom. The van der Waals surface area contributed by atoms with E-state index in [1.807, 2.05) is 109 Å². The molecule has 1 amide bonds. The van der Waals surface area contributed by atoms with Gasteiger partial charge in [-0.2, -0.15) is 0 Å². The Kier molecular flexibility index (Phi) is 7.23. The summed E-state index contributed by atoms with van der Waals surface area (Å²) in [7, 11) is -4.18. The van der Waals surface area contributed by atoms with E-state index < -0.39 is 27.9 Å². The average Bonchev–Trinajstić information content (AvgIpc) is 3.34. The Hall–Kier alpha value is -4.94. The lowest BCUT2D eigenvalue weighted by atomic mass is 10.0. The molecular formula is C35H27NO4S. The van der Waals surface area contributed by atoms with E-state index in [1.54, 1.807) is 42.5 Å². The van der Waals surface area contributed by atoms with Crippen LogP contribution in [0.25, 0.3) is 0 Å². The highest BCUT2D eigenvalue weighted by Crippen LogP contribution is 2.47. The predicted octanol–water partition coefficient (Wildman–Crippen LogP) is 7.27. The number of hydrogen-bond acceptors (Lipinski definition) is 4.